The average Bonchev–Trinajstić information content (AvgIpc) is 3.10. The van der Waals surface area contributed by atoms with Crippen molar-refractivity contribution in [3.8, 4) is 0 Å². The summed E-state index contributed by atoms with van der Waals surface area (Å²) in [6, 6.07) is 3.08. The Bertz CT molecular complexity index is 686. The summed E-state index contributed by atoms with van der Waals surface area (Å²) in [7, 11) is -3.48. The molecular weight excluding hydrogens is 318 g/mol. The van der Waals surface area contributed by atoms with E-state index in [1.54, 1.807) is 6.07 Å². The first-order chi connectivity index (χ1) is 11.0. The molecule has 23 heavy (non-hydrogen) atoms. The van der Waals surface area contributed by atoms with Crippen LogP contribution in [0.25, 0.3) is 0 Å². The quantitative estimate of drug-likeness (QED) is 0.885. The van der Waals surface area contributed by atoms with Crippen molar-refractivity contribution in [1.82, 2.24) is 9.29 Å². The van der Waals surface area contributed by atoms with E-state index in [1.165, 1.54) is 16.6 Å². The standard InChI is InChI=1S/C15H21N3O4S/c19-15(20)12-4-3-7-17(11-12)14-10-13(5-6-16-14)23(21,22)18-8-1-2-9-18/h5-6,10,12H,1-4,7-9,11H2,(H,19,20). The molecule has 8 heteroatoms. The zero-order valence-electron chi connectivity index (χ0n) is 12.9. The van der Waals surface area contributed by atoms with Crippen molar-refractivity contribution >= 4 is 21.8 Å². The van der Waals surface area contributed by atoms with Gasteiger partial charge in [0.05, 0.1) is 10.8 Å². The van der Waals surface area contributed by atoms with Crippen molar-refractivity contribution in [2.75, 3.05) is 31.1 Å². The molecule has 7 nitrogen and oxygen atoms in total. The van der Waals surface area contributed by atoms with Crippen LogP contribution >= 0.6 is 0 Å². The lowest BCUT2D eigenvalue weighted by Crippen LogP contribution is -2.39. The van der Waals surface area contributed by atoms with E-state index >= 15 is 0 Å². The van der Waals surface area contributed by atoms with Crippen molar-refractivity contribution in [2.24, 2.45) is 5.92 Å². The molecule has 1 aromatic rings. The van der Waals surface area contributed by atoms with E-state index in [2.05, 4.69) is 4.98 Å². The first kappa shape index (κ1) is 16.2. The van der Waals surface area contributed by atoms with Crippen molar-refractivity contribution < 1.29 is 18.3 Å². The highest BCUT2D eigenvalue weighted by Crippen LogP contribution is 2.26. The topological polar surface area (TPSA) is 90.8 Å². The van der Waals surface area contributed by atoms with Gasteiger partial charge in [0.2, 0.25) is 10.0 Å². The number of aromatic nitrogens is 1. The molecule has 1 unspecified atom stereocenters. The van der Waals surface area contributed by atoms with Gasteiger partial charge in [-0.2, -0.15) is 4.31 Å². The number of sulfonamides is 1. The number of hydrogen-bond acceptors (Lipinski definition) is 5. The summed E-state index contributed by atoms with van der Waals surface area (Å²) in [5, 5.41) is 9.18. The molecule has 0 aromatic carbocycles. The van der Waals surface area contributed by atoms with E-state index in [4.69, 9.17) is 0 Å². The average molecular weight is 339 g/mol. The van der Waals surface area contributed by atoms with Crippen LogP contribution in [0.1, 0.15) is 25.7 Å². The molecule has 1 N–H and O–H groups in total. The van der Waals surface area contributed by atoms with Crippen LogP contribution in [0.4, 0.5) is 5.82 Å². The third-order valence-corrected chi connectivity index (χ3v) is 6.41. The van der Waals surface area contributed by atoms with Gasteiger partial charge in [0.25, 0.3) is 0 Å². The Hall–Kier alpha value is -1.67. The number of piperidine rings is 1. The van der Waals surface area contributed by atoms with Crippen LogP contribution in [-0.2, 0) is 14.8 Å². The van der Waals surface area contributed by atoms with E-state index in [0.29, 0.717) is 38.4 Å². The highest BCUT2D eigenvalue weighted by atomic mass is 32.2. The molecule has 0 amide bonds. The minimum Gasteiger partial charge on any atom is -0.481 e. The maximum absolute atomic E-state index is 12.6. The molecule has 1 aromatic heterocycles. The smallest absolute Gasteiger partial charge is 0.308 e. The summed E-state index contributed by atoms with van der Waals surface area (Å²) >= 11 is 0. The Kier molecular flexibility index (Phi) is 4.54. The number of rotatable bonds is 4. The Balaban J connectivity index is 1.83. The van der Waals surface area contributed by atoms with Crippen LogP contribution in [0.3, 0.4) is 0 Å². The lowest BCUT2D eigenvalue weighted by atomic mass is 9.98. The molecule has 0 aliphatic carbocycles. The van der Waals surface area contributed by atoms with E-state index in [9.17, 15) is 18.3 Å². The Morgan fingerprint density at radius 3 is 2.65 bits per heavy atom. The molecule has 2 saturated heterocycles. The third-order valence-electron chi connectivity index (χ3n) is 4.51. The van der Waals surface area contributed by atoms with Crippen LogP contribution in [-0.4, -0.2) is 55.0 Å². The molecular formula is C15H21N3O4S. The van der Waals surface area contributed by atoms with Gasteiger partial charge in [-0.25, -0.2) is 13.4 Å². The molecule has 0 bridgehead atoms. The maximum Gasteiger partial charge on any atom is 0.308 e. The Labute approximate surface area is 136 Å². The number of nitrogens with zero attached hydrogens (tertiary/aromatic N) is 3. The number of anilines is 1. The fourth-order valence-electron chi connectivity index (χ4n) is 3.20. The van der Waals surface area contributed by atoms with Crippen molar-refractivity contribution in [1.29, 1.82) is 0 Å². The number of pyridine rings is 1. The highest BCUT2D eigenvalue weighted by Gasteiger charge is 2.29. The summed E-state index contributed by atoms with van der Waals surface area (Å²) in [6.07, 6.45) is 4.69. The van der Waals surface area contributed by atoms with Gasteiger partial charge in [-0.15, -0.1) is 0 Å². The van der Waals surface area contributed by atoms with Gasteiger partial charge in [-0.3, -0.25) is 4.79 Å². The van der Waals surface area contributed by atoms with Crippen LogP contribution in [0.5, 0.6) is 0 Å². The van der Waals surface area contributed by atoms with Crippen LogP contribution < -0.4 is 4.90 Å². The lowest BCUT2D eigenvalue weighted by molar-refractivity contribution is -0.141. The Morgan fingerprint density at radius 2 is 1.96 bits per heavy atom. The number of carboxylic acid groups (broad SMARTS) is 1. The van der Waals surface area contributed by atoms with Gasteiger partial charge < -0.3 is 10.0 Å². The third kappa shape index (κ3) is 3.32. The molecule has 1 atom stereocenters. The fourth-order valence-corrected chi connectivity index (χ4v) is 4.72. The first-order valence-corrected chi connectivity index (χ1v) is 9.36. The lowest BCUT2D eigenvalue weighted by Gasteiger charge is -2.31. The summed E-state index contributed by atoms with van der Waals surface area (Å²) in [5.41, 5.74) is 0. The van der Waals surface area contributed by atoms with Gasteiger partial charge in [0, 0.05) is 38.4 Å². The molecule has 126 valence electrons. The second-order valence-corrected chi connectivity index (χ2v) is 8.02. The van der Waals surface area contributed by atoms with Gasteiger partial charge in [-0.05, 0) is 31.7 Å². The number of hydrogen-bond donors (Lipinski definition) is 1. The molecule has 0 spiro atoms. The molecule has 0 radical (unpaired) electrons. The number of carboxylic acids is 1. The van der Waals surface area contributed by atoms with Crippen LogP contribution in [0, 0.1) is 5.92 Å². The largest absolute Gasteiger partial charge is 0.481 e. The van der Waals surface area contributed by atoms with Crippen LogP contribution in [0.15, 0.2) is 23.2 Å². The molecule has 3 rings (SSSR count). The normalized spacial score (nSPS) is 23.1. The monoisotopic (exact) mass is 339 g/mol. The number of carbonyl (C=O) groups is 1. The fraction of sp³-hybridized carbons (Fsp3) is 0.600. The second kappa shape index (κ2) is 6.45. The van der Waals surface area contributed by atoms with E-state index in [0.717, 1.165) is 19.3 Å². The van der Waals surface area contributed by atoms with Crippen LogP contribution in [0.2, 0.25) is 0 Å². The zero-order valence-corrected chi connectivity index (χ0v) is 13.7. The van der Waals surface area contributed by atoms with Gasteiger partial charge in [0.15, 0.2) is 0 Å². The van der Waals surface area contributed by atoms with E-state index < -0.39 is 21.9 Å². The molecule has 3 heterocycles. The summed E-state index contributed by atoms with van der Waals surface area (Å²) in [6.45, 7) is 2.19. The predicted molar refractivity (Wildman–Crippen MR) is 84.8 cm³/mol. The minimum atomic E-state index is -3.48. The SMILES string of the molecule is O=C(O)C1CCCN(c2cc(S(=O)(=O)N3CCCC3)ccn2)C1. The van der Waals surface area contributed by atoms with Crippen molar-refractivity contribution in [2.45, 2.75) is 30.6 Å². The molecule has 2 aliphatic heterocycles. The van der Waals surface area contributed by atoms with Crippen molar-refractivity contribution in [3.63, 3.8) is 0 Å². The summed E-state index contributed by atoms with van der Waals surface area (Å²) < 4.78 is 26.8. The Morgan fingerprint density at radius 1 is 1.22 bits per heavy atom. The zero-order chi connectivity index (χ0) is 16.4. The maximum atomic E-state index is 12.6. The van der Waals surface area contributed by atoms with E-state index in [-0.39, 0.29) is 4.90 Å². The summed E-state index contributed by atoms with van der Waals surface area (Å²) in [5.74, 6) is -0.698. The molecule has 2 fully saturated rings. The van der Waals surface area contributed by atoms with Crippen molar-refractivity contribution in [3.05, 3.63) is 18.3 Å². The molecule has 2 aliphatic rings. The number of aliphatic carboxylic acids is 1. The molecule has 0 saturated carbocycles. The van der Waals surface area contributed by atoms with Gasteiger partial charge >= 0.3 is 5.97 Å². The van der Waals surface area contributed by atoms with Gasteiger partial charge in [0.1, 0.15) is 5.82 Å². The van der Waals surface area contributed by atoms with E-state index in [1.807, 2.05) is 4.90 Å². The predicted octanol–water partition coefficient (Wildman–Crippen LogP) is 1.17. The summed E-state index contributed by atoms with van der Waals surface area (Å²) in [4.78, 5) is 17.5. The first-order valence-electron chi connectivity index (χ1n) is 7.92. The second-order valence-electron chi connectivity index (χ2n) is 6.08. The van der Waals surface area contributed by atoms with Gasteiger partial charge in [-0.1, -0.05) is 0 Å². The minimum absolute atomic E-state index is 0.238. The highest BCUT2D eigenvalue weighted by molar-refractivity contribution is 7.89.